The van der Waals surface area contributed by atoms with Crippen molar-refractivity contribution in [1.82, 2.24) is 10.2 Å². The van der Waals surface area contributed by atoms with Gasteiger partial charge in [-0.2, -0.15) is 0 Å². The topological polar surface area (TPSA) is 95.9 Å². The largest absolute Gasteiger partial charge is 0.480 e. The molecule has 7 heteroatoms. The predicted octanol–water partition coefficient (Wildman–Crippen LogP) is 2.20. The van der Waals surface area contributed by atoms with E-state index >= 15 is 0 Å². The highest BCUT2D eigenvalue weighted by Crippen LogP contribution is 2.20. The van der Waals surface area contributed by atoms with Crippen molar-refractivity contribution in [2.75, 3.05) is 6.54 Å². The van der Waals surface area contributed by atoms with Crippen LogP contribution in [0.5, 0.6) is 0 Å². The van der Waals surface area contributed by atoms with Gasteiger partial charge in [-0.05, 0) is 39.2 Å². The van der Waals surface area contributed by atoms with Crippen LogP contribution >= 0.6 is 0 Å². The van der Waals surface area contributed by atoms with Gasteiger partial charge in [0.1, 0.15) is 17.7 Å². The molecule has 1 unspecified atom stereocenters. The molecule has 1 aromatic rings. The minimum Gasteiger partial charge on any atom is -0.480 e. The van der Waals surface area contributed by atoms with Crippen molar-refractivity contribution >= 4 is 18.0 Å². The van der Waals surface area contributed by atoms with E-state index in [-0.39, 0.29) is 6.42 Å². The van der Waals surface area contributed by atoms with Crippen molar-refractivity contribution in [3.63, 3.8) is 0 Å². The zero-order valence-corrected chi connectivity index (χ0v) is 15.4. The van der Waals surface area contributed by atoms with E-state index in [0.717, 1.165) is 5.56 Å². The number of ether oxygens (including phenoxy) is 1. The Kier molecular flexibility index (Phi) is 6.23. The Labute approximate surface area is 153 Å². The molecule has 142 valence electrons. The molecule has 0 saturated carbocycles. The quantitative estimate of drug-likeness (QED) is 0.837. The van der Waals surface area contributed by atoms with Gasteiger partial charge in [-0.1, -0.05) is 30.3 Å². The van der Waals surface area contributed by atoms with Crippen LogP contribution in [0.2, 0.25) is 0 Å². The summed E-state index contributed by atoms with van der Waals surface area (Å²) < 4.78 is 5.26. The average molecular weight is 362 g/mol. The van der Waals surface area contributed by atoms with Crippen LogP contribution in [0.3, 0.4) is 0 Å². The average Bonchev–Trinajstić information content (AvgIpc) is 3.02. The van der Waals surface area contributed by atoms with Crippen molar-refractivity contribution in [2.24, 2.45) is 0 Å². The van der Waals surface area contributed by atoms with Crippen molar-refractivity contribution in [2.45, 2.75) is 57.7 Å². The molecule has 1 aliphatic heterocycles. The number of nitrogens with zero attached hydrogens (tertiary/aromatic N) is 1. The third kappa shape index (κ3) is 5.47. The number of rotatable bonds is 5. The monoisotopic (exact) mass is 362 g/mol. The lowest BCUT2D eigenvalue weighted by molar-refractivity contribution is -0.149. The predicted molar refractivity (Wildman–Crippen MR) is 95.7 cm³/mol. The molecule has 1 aromatic carbocycles. The smallest absolute Gasteiger partial charge is 0.408 e. The van der Waals surface area contributed by atoms with Gasteiger partial charge in [0.25, 0.3) is 0 Å². The third-order valence-corrected chi connectivity index (χ3v) is 4.09. The Morgan fingerprint density at radius 2 is 1.92 bits per heavy atom. The number of carbonyl (C=O) groups is 3. The van der Waals surface area contributed by atoms with Gasteiger partial charge in [-0.15, -0.1) is 0 Å². The first-order valence-corrected chi connectivity index (χ1v) is 8.74. The number of aliphatic carboxylic acids is 1. The number of hydrogen-bond acceptors (Lipinski definition) is 4. The number of nitrogens with one attached hydrogen (secondary N) is 1. The third-order valence-electron chi connectivity index (χ3n) is 4.09. The summed E-state index contributed by atoms with van der Waals surface area (Å²) >= 11 is 0. The normalized spacial score (nSPS) is 18.3. The Balaban J connectivity index is 2.17. The van der Waals surface area contributed by atoms with Crippen molar-refractivity contribution in [3.05, 3.63) is 35.9 Å². The molecule has 0 aromatic heterocycles. The van der Waals surface area contributed by atoms with Gasteiger partial charge in [0.2, 0.25) is 5.91 Å². The summed E-state index contributed by atoms with van der Waals surface area (Å²) in [4.78, 5) is 37.9. The molecule has 26 heavy (non-hydrogen) atoms. The highest BCUT2D eigenvalue weighted by molar-refractivity contribution is 5.90. The van der Waals surface area contributed by atoms with Crippen molar-refractivity contribution in [1.29, 1.82) is 0 Å². The molecule has 2 rings (SSSR count). The summed E-state index contributed by atoms with van der Waals surface area (Å²) in [6.07, 6.45) is 0.624. The number of likely N-dealkylation sites (tertiary alicyclic amines) is 1. The minimum atomic E-state index is -1.02. The molecule has 1 saturated heterocycles. The second-order valence-corrected chi connectivity index (χ2v) is 7.42. The molecule has 7 nitrogen and oxygen atoms in total. The fourth-order valence-corrected chi connectivity index (χ4v) is 2.99. The molecule has 2 atom stereocenters. The molecule has 1 heterocycles. The first kappa shape index (κ1) is 19.8. The summed E-state index contributed by atoms with van der Waals surface area (Å²) in [5.74, 6) is -1.42. The van der Waals surface area contributed by atoms with Gasteiger partial charge in [-0.3, -0.25) is 4.79 Å². The SMILES string of the molecule is CC(C)(C)OC(=O)N[C@@H](Cc1ccccc1)C(=O)N1CCCC1C(=O)O. The van der Waals surface area contributed by atoms with Gasteiger partial charge in [0.15, 0.2) is 0 Å². The van der Waals surface area contributed by atoms with E-state index in [2.05, 4.69) is 5.32 Å². The van der Waals surface area contributed by atoms with Crippen LogP contribution < -0.4 is 5.32 Å². The maximum atomic E-state index is 13.0. The first-order valence-electron chi connectivity index (χ1n) is 8.74. The molecule has 0 spiro atoms. The van der Waals surface area contributed by atoms with E-state index in [0.29, 0.717) is 19.4 Å². The number of carboxylic acid groups (broad SMARTS) is 1. The molecular weight excluding hydrogens is 336 g/mol. The van der Waals surface area contributed by atoms with Crippen LogP contribution in [-0.2, 0) is 20.7 Å². The molecular formula is C19H26N2O5. The molecule has 2 N–H and O–H groups in total. The van der Waals surface area contributed by atoms with Crippen molar-refractivity contribution < 1.29 is 24.2 Å². The van der Waals surface area contributed by atoms with Crippen LogP contribution in [0.4, 0.5) is 4.79 Å². The molecule has 0 radical (unpaired) electrons. The van der Waals surface area contributed by atoms with Gasteiger partial charge < -0.3 is 20.1 Å². The number of carboxylic acids is 1. The molecule has 0 bridgehead atoms. The Morgan fingerprint density at radius 1 is 1.27 bits per heavy atom. The summed E-state index contributed by atoms with van der Waals surface area (Å²) in [6, 6.07) is 7.54. The molecule has 0 aliphatic carbocycles. The Bertz CT molecular complexity index is 654. The minimum absolute atomic E-state index is 0.266. The van der Waals surface area contributed by atoms with E-state index < -0.39 is 35.7 Å². The summed E-state index contributed by atoms with van der Waals surface area (Å²) in [5.41, 5.74) is 0.176. The lowest BCUT2D eigenvalue weighted by Gasteiger charge is -2.28. The standard InChI is InChI=1S/C19H26N2O5/c1-19(2,3)26-18(25)20-14(12-13-8-5-4-6-9-13)16(22)21-11-7-10-15(21)17(23)24/h4-6,8-9,14-15H,7,10-12H2,1-3H3,(H,20,25)(H,23,24)/t14-,15?/m0/s1. The highest BCUT2D eigenvalue weighted by Gasteiger charge is 2.38. The molecule has 1 aliphatic rings. The van der Waals surface area contributed by atoms with Crippen LogP contribution in [0.1, 0.15) is 39.2 Å². The second kappa shape index (κ2) is 8.21. The van der Waals surface area contributed by atoms with Gasteiger partial charge in [-0.25, -0.2) is 9.59 Å². The molecule has 2 amide bonds. The first-order chi connectivity index (χ1) is 12.2. The van der Waals surface area contributed by atoms with Crippen LogP contribution in [-0.4, -0.2) is 52.2 Å². The maximum Gasteiger partial charge on any atom is 0.408 e. The Hall–Kier alpha value is -2.57. The van der Waals surface area contributed by atoms with E-state index in [1.807, 2.05) is 30.3 Å². The highest BCUT2D eigenvalue weighted by atomic mass is 16.6. The number of hydrogen-bond donors (Lipinski definition) is 2. The second-order valence-electron chi connectivity index (χ2n) is 7.42. The number of benzene rings is 1. The number of carbonyl (C=O) groups excluding carboxylic acids is 2. The van der Waals surface area contributed by atoms with Crippen LogP contribution in [0.25, 0.3) is 0 Å². The zero-order chi connectivity index (χ0) is 19.3. The summed E-state index contributed by atoms with van der Waals surface area (Å²) in [7, 11) is 0. The van der Waals surface area contributed by atoms with Crippen molar-refractivity contribution in [3.8, 4) is 0 Å². The van der Waals surface area contributed by atoms with E-state index in [9.17, 15) is 19.5 Å². The van der Waals surface area contributed by atoms with Gasteiger partial charge >= 0.3 is 12.1 Å². The van der Waals surface area contributed by atoms with Crippen LogP contribution in [0.15, 0.2) is 30.3 Å². The lowest BCUT2D eigenvalue weighted by Crippen LogP contribution is -2.53. The van der Waals surface area contributed by atoms with Gasteiger partial charge in [0, 0.05) is 13.0 Å². The Morgan fingerprint density at radius 3 is 2.50 bits per heavy atom. The van der Waals surface area contributed by atoms with E-state index in [4.69, 9.17) is 4.74 Å². The van der Waals surface area contributed by atoms with Crippen LogP contribution in [0, 0.1) is 0 Å². The zero-order valence-electron chi connectivity index (χ0n) is 15.4. The lowest BCUT2D eigenvalue weighted by atomic mass is 10.0. The number of alkyl carbamates (subject to hydrolysis) is 1. The fraction of sp³-hybridized carbons (Fsp3) is 0.526. The summed E-state index contributed by atoms with van der Waals surface area (Å²) in [6.45, 7) is 5.59. The fourth-order valence-electron chi connectivity index (χ4n) is 2.99. The number of amides is 2. The molecule has 1 fully saturated rings. The van der Waals surface area contributed by atoms with E-state index in [1.54, 1.807) is 20.8 Å². The van der Waals surface area contributed by atoms with E-state index in [1.165, 1.54) is 4.90 Å². The van der Waals surface area contributed by atoms with Gasteiger partial charge in [0.05, 0.1) is 0 Å². The maximum absolute atomic E-state index is 13.0. The summed E-state index contributed by atoms with van der Waals surface area (Å²) in [5, 5.41) is 11.9.